The van der Waals surface area contributed by atoms with Gasteiger partial charge in [-0.1, -0.05) is 40.5 Å². The van der Waals surface area contributed by atoms with Crippen LogP contribution in [0.2, 0.25) is 5.02 Å². The van der Waals surface area contributed by atoms with E-state index in [4.69, 9.17) is 11.6 Å². The molecule has 1 N–H and O–H groups in total. The van der Waals surface area contributed by atoms with Crippen LogP contribution in [0, 0.1) is 0 Å². The first kappa shape index (κ1) is 14.2. The lowest BCUT2D eigenvalue weighted by molar-refractivity contribution is 0.0685. The highest BCUT2D eigenvalue weighted by Gasteiger charge is 2.16. The van der Waals surface area contributed by atoms with E-state index in [-0.39, 0.29) is 5.69 Å². The molecule has 2 rings (SSSR count). The zero-order chi connectivity index (χ0) is 14.0. The van der Waals surface area contributed by atoms with Crippen LogP contribution in [-0.2, 0) is 6.54 Å². The third-order valence-electron chi connectivity index (χ3n) is 2.85. The average molecular weight is 343 g/mol. The summed E-state index contributed by atoms with van der Waals surface area (Å²) in [6.07, 6.45) is 0.857. The van der Waals surface area contributed by atoms with Crippen molar-refractivity contribution in [1.82, 2.24) is 4.57 Å². The number of benzene rings is 1. The minimum atomic E-state index is -0.923. The second-order valence-corrected chi connectivity index (χ2v) is 5.51. The molecule has 100 valence electrons. The number of aromatic nitrogens is 1. The summed E-state index contributed by atoms with van der Waals surface area (Å²) in [5, 5.41) is 9.80. The Morgan fingerprint density at radius 2 is 2.11 bits per heavy atom. The van der Waals surface area contributed by atoms with Crippen molar-refractivity contribution in [3.63, 3.8) is 0 Å². The minimum Gasteiger partial charge on any atom is -0.477 e. The third-order valence-corrected chi connectivity index (χ3v) is 3.66. The van der Waals surface area contributed by atoms with Gasteiger partial charge in [-0.3, -0.25) is 0 Å². The van der Waals surface area contributed by atoms with E-state index in [1.165, 1.54) is 0 Å². The van der Waals surface area contributed by atoms with E-state index >= 15 is 0 Å². The molecule has 19 heavy (non-hydrogen) atoms. The van der Waals surface area contributed by atoms with Crippen LogP contribution in [0.25, 0.3) is 11.3 Å². The van der Waals surface area contributed by atoms with Gasteiger partial charge in [0, 0.05) is 16.6 Å². The highest BCUT2D eigenvalue weighted by Crippen LogP contribution is 2.32. The molecular formula is C14H13BrClNO2. The summed E-state index contributed by atoms with van der Waals surface area (Å²) in [6, 6.07) is 9.00. The van der Waals surface area contributed by atoms with E-state index in [2.05, 4.69) is 15.9 Å². The molecule has 1 aromatic carbocycles. The number of carbonyl (C=O) groups is 1. The van der Waals surface area contributed by atoms with Crippen LogP contribution in [0.4, 0.5) is 0 Å². The van der Waals surface area contributed by atoms with E-state index in [1.54, 1.807) is 22.8 Å². The van der Waals surface area contributed by atoms with Gasteiger partial charge in [-0.15, -0.1) is 0 Å². The van der Waals surface area contributed by atoms with Crippen molar-refractivity contribution in [2.45, 2.75) is 19.9 Å². The molecule has 0 spiro atoms. The van der Waals surface area contributed by atoms with Crippen molar-refractivity contribution in [1.29, 1.82) is 0 Å². The molecule has 2 aromatic rings. The van der Waals surface area contributed by atoms with Gasteiger partial charge in [0.25, 0.3) is 0 Å². The summed E-state index contributed by atoms with van der Waals surface area (Å²) in [6.45, 7) is 2.66. The van der Waals surface area contributed by atoms with Gasteiger partial charge in [0.1, 0.15) is 5.69 Å². The lowest BCUT2D eigenvalue weighted by atomic mass is 10.1. The number of halogens is 2. The molecule has 0 fully saturated rings. The Morgan fingerprint density at radius 1 is 1.37 bits per heavy atom. The zero-order valence-corrected chi connectivity index (χ0v) is 12.7. The summed E-state index contributed by atoms with van der Waals surface area (Å²) >= 11 is 9.60. The minimum absolute atomic E-state index is 0.288. The van der Waals surface area contributed by atoms with E-state index in [0.29, 0.717) is 11.6 Å². The standard InChI is InChI=1S/C14H13BrClNO2/c1-2-7-17-12(5-6-13(17)14(18)19)10-4-3-9(15)8-11(10)16/h3-6,8H,2,7H2,1H3,(H,18,19). The number of aromatic carboxylic acids is 1. The maximum absolute atomic E-state index is 11.2. The van der Waals surface area contributed by atoms with Crippen LogP contribution in [0.15, 0.2) is 34.8 Å². The number of hydrogen-bond acceptors (Lipinski definition) is 1. The van der Waals surface area contributed by atoms with Crippen LogP contribution in [0.5, 0.6) is 0 Å². The van der Waals surface area contributed by atoms with Crippen molar-refractivity contribution >= 4 is 33.5 Å². The molecular weight excluding hydrogens is 330 g/mol. The number of hydrogen-bond donors (Lipinski definition) is 1. The first-order chi connectivity index (χ1) is 9.04. The highest BCUT2D eigenvalue weighted by molar-refractivity contribution is 9.10. The number of carboxylic acid groups (broad SMARTS) is 1. The molecule has 0 aliphatic carbocycles. The van der Waals surface area contributed by atoms with Gasteiger partial charge < -0.3 is 9.67 Å². The summed E-state index contributed by atoms with van der Waals surface area (Å²) in [7, 11) is 0. The fourth-order valence-corrected chi connectivity index (χ4v) is 2.82. The largest absolute Gasteiger partial charge is 0.477 e. The second-order valence-electron chi connectivity index (χ2n) is 4.18. The molecule has 5 heteroatoms. The van der Waals surface area contributed by atoms with E-state index in [9.17, 15) is 9.90 Å². The number of nitrogens with zero attached hydrogens (tertiary/aromatic N) is 1. The molecule has 0 aliphatic rings. The fourth-order valence-electron chi connectivity index (χ4n) is 2.05. The molecule has 0 radical (unpaired) electrons. The third kappa shape index (κ3) is 2.85. The Morgan fingerprint density at radius 3 is 2.68 bits per heavy atom. The van der Waals surface area contributed by atoms with Gasteiger partial charge in [0.05, 0.1) is 10.7 Å². The summed E-state index contributed by atoms with van der Waals surface area (Å²) in [5.74, 6) is -0.923. The molecule has 0 bridgehead atoms. The van der Waals surface area contributed by atoms with Gasteiger partial charge in [0.15, 0.2) is 0 Å². The molecule has 0 aliphatic heterocycles. The molecule has 1 aromatic heterocycles. The van der Waals surface area contributed by atoms with Crippen LogP contribution in [0.3, 0.4) is 0 Å². The van der Waals surface area contributed by atoms with Crippen molar-refractivity contribution in [3.8, 4) is 11.3 Å². The summed E-state index contributed by atoms with van der Waals surface area (Å²) < 4.78 is 2.69. The number of carboxylic acids is 1. The van der Waals surface area contributed by atoms with E-state index < -0.39 is 5.97 Å². The van der Waals surface area contributed by atoms with Crippen LogP contribution < -0.4 is 0 Å². The molecule has 0 atom stereocenters. The molecule has 1 heterocycles. The lowest BCUT2D eigenvalue weighted by Crippen LogP contribution is -2.09. The van der Waals surface area contributed by atoms with Gasteiger partial charge in [-0.2, -0.15) is 0 Å². The molecule has 0 unspecified atom stereocenters. The average Bonchev–Trinajstić information content (AvgIpc) is 2.73. The normalized spacial score (nSPS) is 10.7. The van der Waals surface area contributed by atoms with Crippen LogP contribution in [0.1, 0.15) is 23.8 Å². The Kier molecular flexibility index (Phi) is 4.32. The van der Waals surface area contributed by atoms with Gasteiger partial charge in [-0.05, 0) is 30.7 Å². The Balaban J connectivity index is 2.58. The Labute approximate surface area is 124 Å². The maximum atomic E-state index is 11.2. The maximum Gasteiger partial charge on any atom is 0.352 e. The second kappa shape index (κ2) is 5.80. The predicted molar refractivity (Wildman–Crippen MR) is 79.8 cm³/mol. The Bertz CT molecular complexity index is 622. The molecule has 0 saturated carbocycles. The van der Waals surface area contributed by atoms with Crippen molar-refractivity contribution < 1.29 is 9.90 Å². The smallest absolute Gasteiger partial charge is 0.352 e. The van der Waals surface area contributed by atoms with E-state index in [1.807, 2.05) is 19.1 Å². The molecule has 0 amide bonds. The predicted octanol–water partition coefficient (Wildman–Crippen LogP) is 4.68. The van der Waals surface area contributed by atoms with E-state index in [0.717, 1.165) is 22.2 Å². The molecule has 3 nitrogen and oxygen atoms in total. The molecule has 0 saturated heterocycles. The van der Waals surface area contributed by atoms with Crippen molar-refractivity contribution in [2.24, 2.45) is 0 Å². The SMILES string of the molecule is CCCn1c(C(=O)O)ccc1-c1ccc(Br)cc1Cl. The Hall–Kier alpha value is -1.26. The van der Waals surface area contributed by atoms with Crippen LogP contribution >= 0.6 is 27.5 Å². The monoisotopic (exact) mass is 341 g/mol. The zero-order valence-electron chi connectivity index (χ0n) is 10.4. The fraction of sp³-hybridized carbons (Fsp3) is 0.214. The summed E-state index contributed by atoms with van der Waals surface area (Å²) in [4.78, 5) is 11.2. The topological polar surface area (TPSA) is 42.2 Å². The summed E-state index contributed by atoms with van der Waals surface area (Å²) in [5.41, 5.74) is 1.96. The lowest BCUT2D eigenvalue weighted by Gasteiger charge is -2.12. The number of rotatable bonds is 4. The first-order valence-electron chi connectivity index (χ1n) is 5.92. The quantitative estimate of drug-likeness (QED) is 0.876. The van der Waals surface area contributed by atoms with Crippen molar-refractivity contribution in [2.75, 3.05) is 0 Å². The van der Waals surface area contributed by atoms with Crippen LogP contribution in [-0.4, -0.2) is 15.6 Å². The van der Waals surface area contributed by atoms with Gasteiger partial charge in [0.2, 0.25) is 0 Å². The van der Waals surface area contributed by atoms with Gasteiger partial charge >= 0.3 is 5.97 Å². The first-order valence-corrected chi connectivity index (χ1v) is 7.10. The van der Waals surface area contributed by atoms with Crippen molar-refractivity contribution in [3.05, 3.63) is 45.5 Å². The van der Waals surface area contributed by atoms with Gasteiger partial charge in [-0.25, -0.2) is 4.79 Å². The highest BCUT2D eigenvalue weighted by atomic mass is 79.9.